The van der Waals surface area contributed by atoms with Gasteiger partial charge in [0.05, 0.1) is 12.3 Å². The topological polar surface area (TPSA) is 72.0 Å². The number of oxazole rings is 1. The fourth-order valence-corrected chi connectivity index (χ4v) is 3.25. The normalized spacial score (nSPS) is 12.1. The first-order valence-corrected chi connectivity index (χ1v) is 9.65. The van der Waals surface area contributed by atoms with Gasteiger partial charge >= 0.3 is 0 Å². The molecule has 0 aliphatic heterocycles. The highest BCUT2D eigenvalue weighted by atomic mass is 16.5. The van der Waals surface area contributed by atoms with Crippen LogP contribution in [-0.4, -0.2) is 29.4 Å². The molecule has 28 heavy (non-hydrogen) atoms. The quantitative estimate of drug-likeness (QED) is 0.511. The molecule has 0 radical (unpaired) electrons. The van der Waals surface area contributed by atoms with E-state index >= 15 is 0 Å². The van der Waals surface area contributed by atoms with Crippen molar-refractivity contribution in [2.75, 3.05) is 13.7 Å². The molecule has 1 aromatic carbocycles. The van der Waals surface area contributed by atoms with Gasteiger partial charge < -0.3 is 14.6 Å². The van der Waals surface area contributed by atoms with Crippen LogP contribution >= 0.6 is 0 Å². The number of ether oxygens (including phenoxy) is 1. The molecule has 1 atom stereocenters. The zero-order valence-electron chi connectivity index (χ0n) is 16.7. The van der Waals surface area contributed by atoms with Gasteiger partial charge in [0.25, 0.3) is 0 Å². The Balaban J connectivity index is 1.69. The first-order chi connectivity index (χ1) is 13.6. The van der Waals surface area contributed by atoms with Crippen molar-refractivity contribution in [2.24, 2.45) is 5.92 Å². The number of methoxy groups -OCH3 is 1. The number of hydrogen-bond acceptors (Lipinski definition) is 5. The Labute approximate surface area is 166 Å². The minimum absolute atomic E-state index is 0.177. The van der Waals surface area contributed by atoms with Crippen LogP contribution in [-0.2, 0) is 11.2 Å². The van der Waals surface area contributed by atoms with Gasteiger partial charge in [0, 0.05) is 36.7 Å². The Hall–Kier alpha value is -2.79. The van der Waals surface area contributed by atoms with E-state index in [2.05, 4.69) is 29.0 Å². The van der Waals surface area contributed by atoms with E-state index in [1.54, 1.807) is 13.3 Å². The second kappa shape index (κ2) is 9.42. The first-order valence-electron chi connectivity index (χ1n) is 9.65. The van der Waals surface area contributed by atoms with Crippen molar-refractivity contribution in [3.8, 4) is 22.6 Å². The zero-order valence-corrected chi connectivity index (χ0v) is 16.7. The highest BCUT2D eigenvalue weighted by Gasteiger charge is 2.16. The molecule has 2 aromatic heterocycles. The molecule has 0 saturated heterocycles. The average Bonchev–Trinajstić information content (AvgIpc) is 3.11. The third-order valence-electron chi connectivity index (χ3n) is 5.00. The third kappa shape index (κ3) is 4.73. The van der Waals surface area contributed by atoms with E-state index < -0.39 is 0 Å². The Kier molecular flexibility index (Phi) is 6.71. The second-order valence-electron chi connectivity index (χ2n) is 6.93. The number of aryl methyl sites for hydroxylation is 2. The number of benzene rings is 1. The lowest BCUT2D eigenvalue weighted by molar-refractivity contribution is 0.173. The number of rotatable bonds is 9. The molecular formula is C23H27N3O2. The van der Waals surface area contributed by atoms with Crippen LogP contribution in [0, 0.1) is 18.3 Å². The monoisotopic (exact) mass is 377 g/mol. The van der Waals surface area contributed by atoms with Crippen LogP contribution in [0.1, 0.15) is 31.2 Å². The predicted molar refractivity (Wildman–Crippen MR) is 112 cm³/mol. The fraction of sp³-hybridized carbons (Fsp3) is 0.348. The minimum Gasteiger partial charge on any atom is -0.441 e. The molecule has 0 spiro atoms. The summed E-state index contributed by atoms with van der Waals surface area (Å²) >= 11 is 0. The SMILES string of the molecule is CC[C@H](COC)C(=N)CCc1nc(-c2ccc(-c3cccnc3)cc2)oc1C. The molecule has 3 aromatic rings. The maximum atomic E-state index is 8.30. The van der Waals surface area contributed by atoms with Crippen molar-refractivity contribution >= 4 is 5.71 Å². The second-order valence-corrected chi connectivity index (χ2v) is 6.93. The Morgan fingerprint density at radius 3 is 2.54 bits per heavy atom. The van der Waals surface area contributed by atoms with Crippen LogP contribution in [0.25, 0.3) is 22.6 Å². The van der Waals surface area contributed by atoms with Crippen LogP contribution in [0.5, 0.6) is 0 Å². The maximum absolute atomic E-state index is 8.30. The average molecular weight is 377 g/mol. The van der Waals surface area contributed by atoms with Crippen LogP contribution in [0.3, 0.4) is 0 Å². The Morgan fingerprint density at radius 2 is 1.89 bits per heavy atom. The maximum Gasteiger partial charge on any atom is 0.226 e. The number of pyridine rings is 1. The zero-order chi connectivity index (χ0) is 19.9. The van der Waals surface area contributed by atoms with E-state index in [-0.39, 0.29) is 5.92 Å². The standard InChI is InChI=1S/C23H27N3O2/c1-4-17(15-27-3)21(24)11-12-22-16(2)28-23(26-22)19-9-7-18(8-10-19)20-6-5-13-25-14-20/h5-10,13-14,17,24H,4,11-12,15H2,1-3H3/t17-/m1/s1. The summed E-state index contributed by atoms with van der Waals surface area (Å²) in [5.41, 5.74) is 4.77. The molecule has 2 heterocycles. The molecule has 146 valence electrons. The van der Waals surface area contributed by atoms with Crippen molar-refractivity contribution in [3.05, 3.63) is 60.2 Å². The van der Waals surface area contributed by atoms with Gasteiger partial charge in [-0.3, -0.25) is 4.98 Å². The number of nitrogens with one attached hydrogen (secondary N) is 1. The van der Waals surface area contributed by atoms with E-state index in [1.165, 1.54) is 0 Å². The molecule has 0 bridgehead atoms. The lowest BCUT2D eigenvalue weighted by atomic mass is 9.97. The lowest BCUT2D eigenvalue weighted by Crippen LogP contribution is -2.18. The van der Waals surface area contributed by atoms with Gasteiger partial charge in [0.15, 0.2) is 0 Å². The summed E-state index contributed by atoms with van der Waals surface area (Å²) in [6.07, 6.45) is 5.92. The summed E-state index contributed by atoms with van der Waals surface area (Å²) in [5.74, 6) is 1.62. The van der Waals surface area contributed by atoms with Gasteiger partial charge in [0.1, 0.15) is 5.76 Å². The van der Waals surface area contributed by atoms with E-state index in [1.807, 2.05) is 37.4 Å². The van der Waals surface area contributed by atoms with Crippen molar-refractivity contribution in [1.82, 2.24) is 9.97 Å². The Morgan fingerprint density at radius 1 is 1.14 bits per heavy atom. The van der Waals surface area contributed by atoms with Crippen LogP contribution in [0.4, 0.5) is 0 Å². The number of hydrogen-bond donors (Lipinski definition) is 1. The molecular weight excluding hydrogens is 350 g/mol. The van der Waals surface area contributed by atoms with Crippen LogP contribution in [0.2, 0.25) is 0 Å². The van der Waals surface area contributed by atoms with Gasteiger partial charge in [-0.1, -0.05) is 25.1 Å². The van der Waals surface area contributed by atoms with Gasteiger partial charge in [-0.15, -0.1) is 0 Å². The summed E-state index contributed by atoms with van der Waals surface area (Å²) in [6.45, 7) is 4.63. The highest BCUT2D eigenvalue weighted by molar-refractivity contribution is 5.84. The summed E-state index contributed by atoms with van der Waals surface area (Å²) < 4.78 is 11.1. The smallest absolute Gasteiger partial charge is 0.226 e. The molecule has 0 unspecified atom stereocenters. The van der Waals surface area contributed by atoms with Gasteiger partial charge in [0.2, 0.25) is 5.89 Å². The van der Waals surface area contributed by atoms with Crippen LogP contribution in [0.15, 0.2) is 53.2 Å². The fourth-order valence-electron chi connectivity index (χ4n) is 3.25. The predicted octanol–water partition coefficient (Wildman–Crippen LogP) is 5.34. The van der Waals surface area contributed by atoms with E-state index in [0.29, 0.717) is 31.1 Å². The summed E-state index contributed by atoms with van der Waals surface area (Å²) in [6, 6.07) is 12.1. The van der Waals surface area contributed by atoms with E-state index in [9.17, 15) is 0 Å². The molecule has 3 rings (SSSR count). The molecule has 1 N–H and O–H groups in total. The third-order valence-corrected chi connectivity index (χ3v) is 5.00. The summed E-state index contributed by atoms with van der Waals surface area (Å²) in [5, 5.41) is 8.30. The van der Waals surface area contributed by atoms with E-state index in [0.717, 1.165) is 34.6 Å². The summed E-state index contributed by atoms with van der Waals surface area (Å²) in [4.78, 5) is 8.84. The van der Waals surface area contributed by atoms with Crippen molar-refractivity contribution in [1.29, 1.82) is 5.41 Å². The van der Waals surface area contributed by atoms with E-state index in [4.69, 9.17) is 14.6 Å². The molecule has 0 amide bonds. The minimum atomic E-state index is 0.177. The lowest BCUT2D eigenvalue weighted by Gasteiger charge is -2.14. The van der Waals surface area contributed by atoms with Gasteiger partial charge in [-0.2, -0.15) is 0 Å². The van der Waals surface area contributed by atoms with Crippen LogP contribution < -0.4 is 0 Å². The van der Waals surface area contributed by atoms with Crippen molar-refractivity contribution < 1.29 is 9.15 Å². The number of nitrogens with zero attached hydrogens (tertiary/aromatic N) is 2. The largest absolute Gasteiger partial charge is 0.441 e. The van der Waals surface area contributed by atoms with Gasteiger partial charge in [-0.05, 0) is 55.5 Å². The van der Waals surface area contributed by atoms with Gasteiger partial charge in [-0.25, -0.2) is 4.98 Å². The first kappa shape index (κ1) is 20.0. The van der Waals surface area contributed by atoms with Crippen molar-refractivity contribution in [2.45, 2.75) is 33.1 Å². The molecule has 0 aliphatic rings. The summed E-state index contributed by atoms with van der Waals surface area (Å²) in [7, 11) is 1.68. The molecule has 0 fully saturated rings. The molecule has 5 nitrogen and oxygen atoms in total. The van der Waals surface area contributed by atoms with Crippen molar-refractivity contribution in [3.63, 3.8) is 0 Å². The molecule has 0 aliphatic carbocycles. The molecule has 5 heteroatoms. The Bertz CT molecular complexity index is 901. The molecule has 0 saturated carbocycles. The number of aromatic nitrogens is 2. The highest BCUT2D eigenvalue weighted by Crippen LogP contribution is 2.26.